The van der Waals surface area contributed by atoms with Crippen LogP contribution in [0.15, 0.2) is 18.7 Å². The van der Waals surface area contributed by atoms with E-state index in [0.29, 0.717) is 0 Å². The number of hydrogen-bond donors (Lipinski definition) is 0. The number of hydrogen-bond acceptors (Lipinski definition) is 4. The van der Waals surface area contributed by atoms with E-state index >= 15 is 0 Å². The second kappa shape index (κ2) is 4.40. The Morgan fingerprint density at radius 2 is 2.29 bits per heavy atom. The van der Waals surface area contributed by atoms with Crippen LogP contribution in [0.25, 0.3) is 0 Å². The van der Waals surface area contributed by atoms with Crippen molar-refractivity contribution in [1.29, 1.82) is 0 Å². The second-order valence-corrected chi connectivity index (χ2v) is 2.68. The van der Waals surface area contributed by atoms with E-state index in [-0.39, 0.29) is 12.6 Å². The summed E-state index contributed by atoms with van der Waals surface area (Å²) < 4.78 is 5.71. The van der Waals surface area contributed by atoms with E-state index in [4.69, 9.17) is 0 Å². The number of ether oxygens (including phenoxy) is 1. The number of likely N-dealkylation sites (N-methyl/N-ethyl adjacent to an activating group) is 1. The summed E-state index contributed by atoms with van der Waals surface area (Å²) in [5.41, 5.74) is 0. The molecule has 6 nitrogen and oxygen atoms in total. The zero-order valence-electron chi connectivity index (χ0n) is 8.01. The molecule has 0 fully saturated rings. The first kappa shape index (κ1) is 10.2. The summed E-state index contributed by atoms with van der Waals surface area (Å²) in [5.74, 6) is -0.457. The standard InChI is InChI=1S/C8H11N3O3/c1-10(5-7(12)14-2)8(13)11-4-3-9-6-11/h3-4,6H,5H2,1-2H3. The maximum Gasteiger partial charge on any atom is 0.329 e. The number of carbonyl (C=O) groups is 2. The topological polar surface area (TPSA) is 64.4 Å². The third-order valence-electron chi connectivity index (χ3n) is 1.65. The highest BCUT2D eigenvalue weighted by Gasteiger charge is 2.13. The molecule has 6 heteroatoms. The Morgan fingerprint density at radius 1 is 1.57 bits per heavy atom. The van der Waals surface area contributed by atoms with Crippen molar-refractivity contribution >= 4 is 12.0 Å². The molecular weight excluding hydrogens is 186 g/mol. The van der Waals surface area contributed by atoms with Crippen LogP contribution in [-0.2, 0) is 9.53 Å². The quantitative estimate of drug-likeness (QED) is 0.624. The van der Waals surface area contributed by atoms with Gasteiger partial charge in [0.15, 0.2) is 0 Å². The van der Waals surface area contributed by atoms with Gasteiger partial charge in [-0.2, -0.15) is 0 Å². The van der Waals surface area contributed by atoms with Crippen LogP contribution >= 0.6 is 0 Å². The molecule has 1 amide bonds. The van der Waals surface area contributed by atoms with Gasteiger partial charge in [-0.25, -0.2) is 9.78 Å². The minimum atomic E-state index is -0.457. The molecule has 0 aliphatic carbocycles. The van der Waals surface area contributed by atoms with E-state index in [1.54, 1.807) is 0 Å². The lowest BCUT2D eigenvalue weighted by Gasteiger charge is -2.14. The van der Waals surface area contributed by atoms with Crippen molar-refractivity contribution in [1.82, 2.24) is 14.5 Å². The number of carbonyl (C=O) groups excluding carboxylic acids is 2. The normalized spacial score (nSPS) is 9.57. The van der Waals surface area contributed by atoms with Gasteiger partial charge in [0.2, 0.25) is 0 Å². The van der Waals surface area contributed by atoms with Gasteiger partial charge in [-0.05, 0) is 0 Å². The monoisotopic (exact) mass is 197 g/mol. The third kappa shape index (κ3) is 2.32. The molecule has 0 unspecified atom stereocenters. The molecule has 1 aromatic rings. The van der Waals surface area contributed by atoms with Crippen molar-refractivity contribution < 1.29 is 14.3 Å². The number of imidazole rings is 1. The van der Waals surface area contributed by atoms with Gasteiger partial charge in [0.1, 0.15) is 12.9 Å². The van der Waals surface area contributed by atoms with Crippen LogP contribution in [0.4, 0.5) is 4.79 Å². The highest BCUT2D eigenvalue weighted by Crippen LogP contribution is 1.93. The zero-order chi connectivity index (χ0) is 10.6. The van der Waals surface area contributed by atoms with E-state index in [2.05, 4.69) is 9.72 Å². The smallest absolute Gasteiger partial charge is 0.329 e. The van der Waals surface area contributed by atoms with Crippen molar-refractivity contribution in [3.63, 3.8) is 0 Å². The maximum atomic E-state index is 11.5. The molecule has 0 saturated carbocycles. The Balaban J connectivity index is 2.58. The Bertz CT molecular complexity index is 321. The Kier molecular flexibility index (Phi) is 3.22. The zero-order valence-corrected chi connectivity index (χ0v) is 8.01. The molecule has 1 aromatic heterocycles. The van der Waals surface area contributed by atoms with Gasteiger partial charge in [-0.3, -0.25) is 9.36 Å². The molecule has 0 saturated heterocycles. The lowest BCUT2D eigenvalue weighted by Crippen LogP contribution is -2.35. The predicted molar refractivity (Wildman–Crippen MR) is 47.7 cm³/mol. The van der Waals surface area contributed by atoms with Gasteiger partial charge in [0.05, 0.1) is 7.11 Å². The Hall–Kier alpha value is -1.85. The minimum Gasteiger partial charge on any atom is -0.468 e. The average Bonchev–Trinajstić information content (AvgIpc) is 2.69. The van der Waals surface area contributed by atoms with E-state index in [1.807, 2.05) is 0 Å². The van der Waals surface area contributed by atoms with Crippen LogP contribution in [0.3, 0.4) is 0 Å². The van der Waals surface area contributed by atoms with Crippen molar-refractivity contribution in [3.8, 4) is 0 Å². The van der Waals surface area contributed by atoms with Gasteiger partial charge >= 0.3 is 12.0 Å². The number of esters is 1. The first-order valence-electron chi connectivity index (χ1n) is 3.95. The van der Waals surface area contributed by atoms with E-state index in [9.17, 15) is 9.59 Å². The summed E-state index contributed by atoms with van der Waals surface area (Å²) in [6, 6.07) is -0.326. The molecule has 1 rings (SSSR count). The third-order valence-corrected chi connectivity index (χ3v) is 1.65. The predicted octanol–water partition coefficient (Wildman–Crippen LogP) is -0.0440. The first-order chi connectivity index (χ1) is 6.65. The van der Waals surface area contributed by atoms with E-state index < -0.39 is 5.97 Å². The lowest BCUT2D eigenvalue weighted by atomic mass is 10.6. The lowest BCUT2D eigenvalue weighted by molar-refractivity contribution is -0.140. The second-order valence-electron chi connectivity index (χ2n) is 2.68. The number of rotatable bonds is 2. The fraction of sp³-hybridized carbons (Fsp3) is 0.375. The summed E-state index contributed by atoms with van der Waals surface area (Å²) in [6.07, 6.45) is 4.37. The van der Waals surface area contributed by atoms with Crippen molar-refractivity contribution in [2.75, 3.05) is 20.7 Å². The van der Waals surface area contributed by atoms with Crippen molar-refractivity contribution in [3.05, 3.63) is 18.7 Å². The molecule has 0 aliphatic heterocycles. The summed E-state index contributed by atoms with van der Waals surface area (Å²) in [7, 11) is 2.79. The van der Waals surface area contributed by atoms with E-state index in [0.717, 1.165) is 0 Å². The highest BCUT2D eigenvalue weighted by molar-refractivity contribution is 5.81. The van der Waals surface area contributed by atoms with Gasteiger partial charge < -0.3 is 9.64 Å². The molecular formula is C8H11N3O3. The summed E-state index contributed by atoms with van der Waals surface area (Å²) in [4.78, 5) is 27.3. The summed E-state index contributed by atoms with van der Waals surface area (Å²) in [5, 5.41) is 0. The van der Waals surface area contributed by atoms with Crippen molar-refractivity contribution in [2.45, 2.75) is 0 Å². The van der Waals surface area contributed by atoms with Gasteiger partial charge in [-0.15, -0.1) is 0 Å². The number of nitrogens with zero attached hydrogens (tertiary/aromatic N) is 3. The average molecular weight is 197 g/mol. The van der Waals surface area contributed by atoms with Crippen LogP contribution in [-0.4, -0.2) is 47.2 Å². The van der Waals surface area contributed by atoms with Crippen LogP contribution < -0.4 is 0 Å². The van der Waals surface area contributed by atoms with Crippen LogP contribution in [0.2, 0.25) is 0 Å². The molecule has 0 aliphatic rings. The summed E-state index contributed by atoms with van der Waals surface area (Å²) >= 11 is 0. The number of aromatic nitrogens is 2. The SMILES string of the molecule is COC(=O)CN(C)C(=O)n1ccnc1. The Morgan fingerprint density at radius 3 is 2.79 bits per heavy atom. The molecule has 0 aromatic carbocycles. The van der Waals surface area contributed by atoms with Crippen LogP contribution in [0.1, 0.15) is 0 Å². The fourth-order valence-corrected chi connectivity index (χ4v) is 0.895. The summed E-state index contributed by atoms with van der Waals surface area (Å²) in [6.45, 7) is -0.0759. The molecule has 0 bridgehead atoms. The van der Waals surface area contributed by atoms with Gasteiger partial charge in [-0.1, -0.05) is 0 Å². The van der Waals surface area contributed by atoms with Crippen LogP contribution in [0.5, 0.6) is 0 Å². The van der Waals surface area contributed by atoms with Gasteiger partial charge in [0.25, 0.3) is 0 Å². The first-order valence-corrected chi connectivity index (χ1v) is 3.95. The molecule has 76 valence electrons. The van der Waals surface area contributed by atoms with Gasteiger partial charge in [0, 0.05) is 19.4 Å². The molecule has 1 heterocycles. The molecule has 0 radical (unpaired) electrons. The fourth-order valence-electron chi connectivity index (χ4n) is 0.895. The molecule has 0 atom stereocenters. The molecule has 0 spiro atoms. The number of amides is 1. The molecule has 0 N–H and O–H groups in total. The Labute approximate surface area is 81.1 Å². The maximum absolute atomic E-state index is 11.5. The van der Waals surface area contributed by atoms with E-state index in [1.165, 1.54) is 42.3 Å². The van der Waals surface area contributed by atoms with Crippen LogP contribution in [0, 0.1) is 0 Å². The largest absolute Gasteiger partial charge is 0.468 e. The number of methoxy groups -OCH3 is 1. The van der Waals surface area contributed by atoms with Crippen molar-refractivity contribution in [2.24, 2.45) is 0 Å². The molecule has 14 heavy (non-hydrogen) atoms. The highest BCUT2D eigenvalue weighted by atomic mass is 16.5. The minimum absolute atomic E-state index is 0.0759.